The van der Waals surface area contributed by atoms with Crippen molar-refractivity contribution in [3.8, 4) is 0 Å². The molecule has 0 spiro atoms. The van der Waals surface area contributed by atoms with E-state index in [0.29, 0.717) is 36.0 Å². The van der Waals surface area contributed by atoms with Crippen molar-refractivity contribution in [3.63, 3.8) is 0 Å². The maximum Gasteiger partial charge on any atom is 0.0811 e. The number of rotatable bonds is 6. The molecule has 0 amide bonds. The molecule has 7 atom stereocenters. The number of fused-ring (bicyclic) bond motifs is 1. The Kier molecular flexibility index (Phi) is 9.15. The zero-order chi connectivity index (χ0) is 22.1. The lowest BCUT2D eigenvalue weighted by molar-refractivity contribution is 0.0717. The Labute approximate surface area is 189 Å². The van der Waals surface area contributed by atoms with E-state index in [4.69, 9.17) is 0 Å². The molecule has 0 aromatic heterocycles. The fraction of sp³-hybridized carbons (Fsp3) is 0.778. The van der Waals surface area contributed by atoms with E-state index in [1.54, 1.807) is 5.57 Å². The number of aliphatic hydroxyl groups excluding tert-OH is 3. The average molecular weight is 435 g/mol. The van der Waals surface area contributed by atoms with Crippen molar-refractivity contribution in [1.82, 2.24) is 0 Å². The smallest absolute Gasteiger partial charge is 0.0811 e. The molecule has 4 nitrogen and oxygen atoms in total. The van der Waals surface area contributed by atoms with Crippen LogP contribution in [-0.4, -0.2) is 39.1 Å². The van der Waals surface area contributed by atoms with Gasteiger partial charge in [0.1, 0.15) is 0 Å². The lowest BCUT2D eigenvalue weighted by Crippen LogP contribution is -2.36. The summed E-state index contributed by atoms with van der Waals surface area (Å²) in [5.41, 5.74) is 3.69. The zero-order valence-electron chi connectivity index (χ0n) is 20.1. The highest BCUT2D eigenvalue weighted by Crippen LogP contribution is 2.60. The van der Waals surface area contributed by atoms with Crippen molar-refractivity contribution in [1.29, 1.82) is 0 Å². The van der Waals surface area contributed by atoms with Gasteiger partial charge >= 0.3 is 0 Å². The summed E-state index contributed by atoms with van der Waals surface area (Å²) in [4.78, 5) is 0. The van der Waals surface area contributed by atoms with Crippen molar-refractivity contribution in [2.45, 2.75) is 104 Å². The first kappa shape index (κ1) is 26.3. The van der Waals surface area contributed by atoms with Crippen LogP contribution in [0, 0.1) is 29.1 Å². The van der Waals surface area contributed by atoms with Crippen LogP contribution in [0.4, 0.5) is 0 Å². The van der Waals surface area contributed by atoms with Gasteiger partial charge in [0.15, 0.2) is 0 Å². The van der Waals surface area contributed by atoms with E-state index in [1.807, 2.05) is 0 Å². The monoisotopic (exact) mass is 434 g/mol. The van der Waals surface area contributed by atoms with Gasteiger partial charge in [0.2, 0.25) is 0 Å². The third-order valence-corrected chi connectivity index (χ3v) is 8.68. The van der Waals surface area contributed by atoms with E-state index in [2.05, 4.69) is 46.4 Å². The van der Waals surface area contributed by atoms with Gasteiger partial charge < -0.3 is 20.8 Å². The summed E-state index contributed by atoms with van der Waals surface area (Å²) in [6.07, 6.45) is 12.4. The predicted molar refractivity (Wildman–Crippen MR) is 128 cm³/mol. The highest BCUT2D eigenvalue weighted by atomic mass is 16.3. The Morgan fingerprint density at radius 3 is 2.52 bits per heavy atom. The predicted octanol–water partition coefficient (Wildman–Crippen LogP) is 4.74. The largest absolute Gasteiger partial charge is 0.412 e. The highest BCUT2D eigenvalue weighted by Gasteiger charge is 2.50. The first-order valence-corrected chi connectivity index (χ1v) is 12.3. The second kappa shape index (κ2) is 10.8. The minimum Gasteiger partial charge on any atom is -0.412 e. The van der Waals surface area contributed by atoms with E-state index in [-0.39, 0.29) is 11.6 Å². The van der Waals surface area contributed by atoms with Crippen LogP contribution >= 0.6 is 0 Å². The molecule has 0 radical (unpaired) electrons. The van der Waals surface area contributed by atoms with Gasteiger partial charge in [-0.2, -0.15) is 0 Å². The summed E-state index contributed by atoms with van der Waals surface area (Å²) in [5.74, 6) is 2.35. The Hall–Kier alpha value is -0.940. The van der Waals surface area contributed by atoms with Gasteiger partial charge in [0.05, 0.1) is 18.3 Å². The van der Waals surface area contributed by atoms with Crippen LogP contribution in [0.5, 0.6) is 0 Å². The molecular weight excluding hydrogens is 388 g/mol. The number of hydrogen-bond donors (Lipinski definition) is 3. The molecule has 0 aromatic carbocycles. The Morgan fingerprint density at radius 1 is 1.13 bits per heavy atom. The van der Waals surface area contributed by atoms with Crippen molar-refractivity contribution in [2.75, 3.05) is 0 Å². The van der Waals surface area contributed by atoms with E-state index in [9.17, 15) is 15.3 Å². The van der Waals surface area contributed by atoms with Crippen LogP contribution in [0.2, 0.25) is 0 Å². The van der Waals surface area contributed by atoms with Gasteiger partial charge in [-0.1, -0.05) is 52.0 Å². The molecule has 5 N–H and O–H groups in total. The topological polar surface area (TPSA) is 92.2 Å². The van der Waals surface area contributed by atoms with Crippen LogP contribution in [0.3, 0.4) is 0 Å². The molecular formula is C27H46O4. The molecule has 0 saturated heterocycles. The fourth-order valence-corrected chi connectivity index (χ4v) is 6.65. The SMILES string of the molecule is C=C1/C(=C\C=C2CCC[C@@]3(C)C2CC[C@@H]3[C@H](C)CCC(O)C(C)C)C[C@@H](O)C[C@H]1O.O. The van der Waals surface area contributed by atoms with E-state index >= 15 is 0 Å². The summed E-state index contributed by atoms with van der Waals surface area (Å²) in [5, 5.41) is 30.4. The van der Waals surface area contributed by atoms with E-state index in [0.717, 1.165) is 36.3 Å². The molecule has 3 aliphatic carbocycles. The molecule has 3 fully saturated rings. The summed E-state index contributed by atoms with van der Waals surface area (Å²) >= 11 is 0. The van der Waals surface area contributed by atoms with Crippen molar-refractivity contribution in [3.05, 3.63) is 35.5 Å². The second-order valence-electron chi connectivity index (χ2n) is 11.0. The van der Waals surface area contributed by atoms with Crippen molar-refractivity contribution in [2.24, 2.45) is 29.1 Å². The number of hydrogen-bond acceptors (Lipinski definition) is 3. The molecule has 0 aliphatic heterocycles. The average Bonchev–Trinajstić information content (AvgIpc) is 3.04. The minimum absolute atomic E-state index is 0. The standard InChI is InChI=1S/C27H44O3.H2O/c1-17(2)25(29)13-8-18(3)23-11-12-24-20(7-6-14-27(23,24)5)9-10-21-15-22(28)16-26(30)19(21)4;/h9-10,17-18,22-26,28-30H,4,6-8,11-16H2,1-3,5H3;1H2/b20-9?,21-10-;/t18-,22-,23-,24?,25?,26-,27-;/m1./s1. The van der Waals surface area contributed by atoms with Crippen molar-refractivity contribution >= 4 is 0 Å². The summed E-state index contributed by atoms with van der Waals surface area (Å²) in [6, 6.07) is 0. The molecule has 3 rings (SSSR count). The van der Waals surface area contributed by atoms with Gasteiger partial charge in [0, 0.05) is 6.42 Å². The van der Waals surface area contributed by atoms with Crippen LogP contribution in [0.1, 0.15) is 85.5 Å². The molecule has 0 heterocycles. The Bertz CT molecular complexity index is 679. The summed E-state index contributed by atoms with van der Waals surface area (Å²) in [6.45, 7) is 13.2. The minimum atomic E-state index is -0.618. The molecule has 2 unspecified atom stereocenters. The fourth-order valence-electron chi connectivity index (χ4n) is 6.65. The number of allylic oxidation sites excluding steroid dienone is 3. The molecule has 178 valence electrons. The Morgan fingerprint density at radius 2 is 1.84 bits per heavy atom. The normalized spacial score (nSPS) is 38.3. The second-order valence-corrected chi connectivity index (χ2v) is 11.0. The van der Waals surface area contributed by atoms with Gasteiger partial charge in [-0.25, -0.2) is 0 Å². The van der Waals surface area contributed by atoms with Gasteiger partial charge in [0.25, 0.3) is 0 Å². The molecule has 3 aliphatic rings. The molecule has 31 heavy (non-hydrogen) atoms. The third kappa shape index (κ3) is 5.71. The maximum atomic E-state index is 10.3. The molecule has 0 aromatic rings. The lowest BCUT2D eigenvalue weighted by Gasteiger charge is -2.44. The summed E-state index contributed by atoms with van der Waals surface area (Å²) in [7, 11) is 0. The molecule has 3 saturated carbocycles. The Balaban J connectivity index is 0.00000341. The van der Waals surface area contributed by atoms with Gasteiger partial charge in [-0.3, -0.25) is 0 Å². The maximum absolute atomic E-state index is 10.3. The van der Waals surface area contributed by atoms with E-state index < -0.39 is 12.2 Å². The van der Waals surface area contributed by atoms with Crippen LogP contribution < -0.4 is 0 Å². The highest BCUT2D eigenvalue weighted by molar-refractivity contribution is 5.38. The van der Waals surface area contributed by atoms with Crippen LogP contribution in [0.25, 0.3) is 0 Å². The quantitative estimate of drug-likeness (QED) is 0.564. The van der Waals surface area contributed by atoms with Crippen molar-refractivity contribution < 1.29 is 20.8 Å². The summed E-state index contributed by atoms with van der Waals surface area (Å²) < 4.78 is 0. The van der Waals surface area contributed by atoms with Gasteiger partial charge in [-0.15, -0.1) is 0 Å². The van der Waals surface area contributed by atoms with Crippen LogP contribution in [-0.2, 0) is 0 Å². The van der Waals surface area contributed by atoms with Crippen LogP contribution in [0.15, 0.2) is 35.5 Å². The third-order valence-electron chi connectivity index (χ3n) is 8.68. The lowest BCUT2D eigenvalue weighted by atomic mass is 9.60. The molecule has 0 bridgehead atoms. The molecule has 4 heteroatoms. The van der Waals surface area contributed by atoms with Gasteiger partial charge in [-0.05, 0) is 91.6 Å². The van der Waals surface area contributed by atoms with E-state index in [1.165, 1.54) is 25.7 Å². The first-order chi connectivity index (χ1) is 14.1. The number of aliphatic hydroxyl groups is 3. The zero-order valence-corrected chi connectivity index (χ0v) is 20.1. The first-order valence-electron chi connectivity index (χ1n) is 12.3.